The topological polar surface area (TPSA) is 63.5 Å². The van der Waals surface area contributed by atoms with Crippen LogP contribution in [0.4, 0.5) is 0 Å². The summed E-state index contributed by atoms with van der Waals surface area (Å²) in [5.74, 6) is 1.52. The third-order valence-corrected chi connectivity index (χ3v) is 4.23. The minimum Gasteiger partial charge on any atom is -0.497 e. The quantitative estimate of drug-likeness (QED) is 0.506. The van der Waals surface area contributed by atoms with E-state index in [1.165, 1.54) is 0 Å². The summed E-state index contributed by atoms with van der Waals surface area (Å²) < 4.78 is 7.01. The predicted molar refractivity (Wildman–Crippen MR) is 109 cm³/mol. The lowest BCUT2D eigenvalue weighted by molar-refractivity contribution is 0.414. The monoisotopic (exact) mass is 383 g/mol. The van der Waals surface area contributed by atoms with Crippen LogP contribution in [0.1, 0.15) is 11.3 Å². The fourth-order valence-electron chi connectivity index (χ4n) is 2.56. The average Bonchev–Trinajstić information content (AvgIpc) is 3.17. The normalized spacial score (nSPS) is 11.3. The molecule has 0 bridgehead atoms. The highest BCUT2D eigenvalue weighted by Crippen LogP contribution is 2.14. The highest BCUT2D eigenvalue weighted by Gasteiger charge is 2.04. The minimum atomic E-state index is 0.568. The molecule has 0 saturated heterocycles. The number of hydrogen-bond acceptors (Lipinski definition) is 3. The van der Waals surface area contributed by atoms with Crippen LogP contribution in [0.15, 0.2) is 65.8 Å². The molecule has 3 rings (SSSR count). The maximum Gasteiger partial charge on any atom is 0.191 e. The van der Waals surface area contributed by atoms with E-state index in [1.807, 2.05) is 65.5 Å². The number of rotatable bonds is 6. The Hall–Kier alpha value is -2.99. The molecule has 1 heterocycles. The van der Waals surface area contributed by atoms with Crippen molar-refractivity contribution in [1.29, 1.82) is 0 Å². The molecule has 0 atom stereocenters. The SMILES string of the molecule is CN=C(NCc1cccc(Cl)c1)NCc1ccn(-c2ccc(OC)cc2)n1. The summed E-state index contributed by atoms with van der Waals surface area (Å²) in [6, 6.07) is 17.5. The Bertz CT molecular complexity index is 905. The molecule has 0 aliphatic rings. The molecule has 2 aromatic carbocycles. The van der Waals surface area contributed by atoms with Crippen molar-refractivity contribution in [3.8, 4) is 11.4 Å². The van der Waals surface area contributed by atoms with E-state index in [-0.39, 0.29) is 0 Å². The van der Waals surface area contributed by atoms with Gasteiger partial charge in [0.2, 0.25) is 0 Å². The summed E-state index contributed by atoms with van der Waals surface area (Å²) in [7, 11) is 3.39. The molecular weight excluding hydrogens is 362 g/mol. The van der Waals surface area contributed by atoms with Gasteiger partial charge in [-0.05, 0) is 48.0 Å². The molecule has 2 N–H and O–H groups in total. The summed E-state index contributed by atoms with van der Waals surface area (Å²) >= 11 is 6.01. The van der Waals surface area contributed by atoms with Crippen LogP contribution in [0, 0.1) is 0 Å². The van der Waals surface area contributed by atoms with Gasteiger partial charge in [0.25, 0.3) is 0 Å². The first-order valence-electron chi connectivity index (χ1n) is 8.56. The summed E-state index contributed by atoms with van der Waals surface area (Å²) in [5, 5.41) is 11.8. The van der Waals surface area contributed by atoms with Crippen LogP contribution >= 0.6 is 11.6 Å². The highest BCUT2D eigenvalue weighted by atomic mass is 35.5. The van der Waals surface area contributed by atoms with Crippen molar-refractivity contribution < 1.29 is 4.74 Å². The number of guanidine groups is 1. The van der Waals surface area contributed by atoms with Crippen LogP contribution in [0.3, 0.4) is 0 Å². The minimum absolute atomic E-state index is 0.568. The first-order valence-corrected chi connectivity index (χ1v) is 8.93. The van der Waals surface area contributed by atoms with Gasteiger partial charge in [-0.1, -0.05) is 23.7 Å². The second kappa shape index (κ2) is 9.09. The van der Waals surface area contributed by atoms with Crippen LogP contribution in [-0.4, -0.2) is 29.9 Å². The number of methoxy groups -OCH3 is 1. The maximum absolute atomic E-state index is 6.01. The van der Waals surface area contributed by atoms with Crippen LogP contribution < -0.4 is 15.4 Å². The number of ether oxygens (including phenoxy) is 1. The summed E-state index contributed by atoms with van der Waals surface area (Å²) in [6.45, 7) is 1.21. The van der Waals surface area contributed by atoms with E-state index < -0.39 is 0 Å². The highest BCUT2D eigenvalue weighted by molar-refractivity contribution is 6.30. The number of nitrogens with one attached hydrogen (secondary N) is 2. The molecule has 0 unspecified atom stereocenters. The zero-order valence-electron chi connectivity index (χ0n) is 15.3. The summed E-state index contributed by atoms with van der Waals surface area (Å²) in [4.78, 5) is 4.24. The van der Waals surface area contributed by atoms with Crippen molar-refractivity contribution in [2.45, 2.75) is 13.1 Å². The van der Waals surface area contributed by atoms with E-state index in [9.17, 15) is 0 Å². The van der Waals surface area contributed by atoms with Gasteiger partial charge in [-0.3, -0.25) is 4.99 Å². The molecule has 0 spiro atoms. The Morgan fingerprint density at radius 3 is 2.59 bits per heavy atom. The zero-order valence-corrected chi connectivity index (χ0v) is 16.1. The summed E-state index contributed by atoms with van der Waals surface area (Å²) in [5.41, 5.74) is 2.98. The molecule has 1 aromatic heterocycles. The molecule has 0 aliphatic heterocycles. The van der Waals surface area contributed by atoms with Crippen molar-refractivity contribution in [2.24, 2.45) is 4.99 Å². The second-order valence-electron chi connectivity index (χ2n) is 5.86. The fraction of sp³-hybridized carbons (Fsp3) is 0.200. The molecule has 7 heteroatoms. The number of halogens is 1. The van der Waals surface area contributed by atoms with Crippen LogP contribution in [0.5, 0.6) is 5.75 Å². The molecule has 0 saturated carbocycles. The molecule has 27 heavy (non-hydrogen) atoms. The third kappa shape index (κ3) is 5.24. The lowest BCUT2D eigenvalue weighted by Gasteiger charge is -2.11. The molecule has 140 valence electrons. The van der Waals surface area contributed by atoms with Gasteiger partial charge >= 0.3 is 0 Å². The second-order valence-corrected chi connectivity index (χ2v) is 6.30. The zero-order chi connectivity index (χ0) is 19.1. The molecule has 3 aromatic rings. The fourth-order valence-corrected chi connectivity index (χ4v) is 2.78. The molecule has 6 nitrogen and oxygen atoms in total. The first kappa shape index (κ1) is 18.8. The van der Waals surface area contributed by atoms with E-state index in [0.717, 1.165) is 27.7 Å². The largest absolute Gasteiger partial charge is 0.497 e. The van der Waals surface area contributed by atoms with Gasteiger partial charge in [0.05, 0.1) is 25.0 Å². The number of benzene rings is 2. The van der Waals surface area contributed by atoms with Crippen LogP contribution in [-0.2, 0) is 13.1 Å². The average molecular weight is 384 g/mol. The van der Waals surface area contributed by atoms with Crippen molar-refractivity contribution in [3.05, 3.63) is 77.1 Å². The predicted octanol–water partition coefficient (Wildman–Crippen LogP) is 3.40. The van der Waals surface area contributed by atoms with Gasteiger partial charge in [0, 0.05) is 24.8 Å². The van der Waals surface area contributed by atoms with Gasteiger partial charge in [0.15, 0.2) is 5.96 Å². The lowest BCUT2D eigenvalue weighted by atomic mass is 10.2. The van der Waals surface area contributed by atoms with Crippen LogP contribution in [0.2, 0.25) is 5.02 Å². The molecule has 0 fully saturated rings. The number of aromatic nitrogens is 2. The molecule has 0 radical (unpaired) electrons. The maximum atomic E-state index is 6.01. The molecular formula is C20H22ClN5O. The Kier molecular flexibility index (Phi) is 6.33. The Balaban J connectivity index is 1.54. The van der Waals surface area contributed by atoms with Crippen molar-refractivity contribution in [2.75, 3.05) is 14.2 Å². The Morgan fingerprint density at radius 1 is 1.11 bits per heavy atom. The summed E-state index contributed by atoms with van der Waals surface area (Å²) in [6.07, 6.45) is 1.93. The smallest absolute Gasteiger partial charge is 0.191 e. The van der Waals surface area contributed by atoms with E-state index >= 15 is 0 Å². The van der Waals surface area contributed by atoms with Gasteiger partial charge in [-0.25, -0.2) is 4.68 Å². The standard InChI is InChI=1S/C20H22ClN5O/c1-22-20(23-13-15-4-3-5-16(21)12-15)24-14-17-10-11-26(25-17)18-6-8-19(27-2)9-7-18/h3-12H,13-14H2,1-2H3,(H2,22,23,24). The Morgan fingerprint density at radius 2 is 1.89 bits per heavy atom. The van der Waals surface area contributed by atoms with Gasteiger partial charge in [-0.2, -0.15) is 5.10 Å². The van der Waals surface area contributed by atoms with Crippen molar-refractivity contribution in [1.82, 2.24) is 20.4 Å². The molecule has 0 amide bonds. The Labute approximate surface area is 163 Å². The number of hydrogen-bond donors (Lipinski definition) is 2. The van der Waals surface area contributed by atoms with E-state index in [2.05, 4.69) is 20.7 Å². The van der Waals surface area contributed by atoms with Gasteiger partial charge in [0.1, 0.15) is 5.75 Å². The van der Waals surface area contributed by atoms with Crippen molar-refractivity contribution in [3.63, 3.8) is 0 Å². The number of aliphatic imine (C=N–C) groups is 1. The van der Waals surface area contributed by atoms with Gasteiger partial charge < -0.3 is 15.4 Å². The van der Waals surface area contributed by atoms with E-state index in [0.29, 0.717) is 19.0 Å². The lowest BCUT2D eigenvalue weighted by Crippen LogP contribution is -2.36. The molecule has 0 aliphatic carbocycles. The third-order valence-electron chi connectivity index (χ3n) is 3.99. The van der Waals surface area contributed by atoms with E-state index in [4.69, 9.17) is 16.3 Å². The van der Waals surface area contributed by atoms with Crippen molar-refractivity contribution >= 4 is 17.6 Å². The van der Waals surface area contributed by atoms with Gasteiger partial charge in [-0.15, -0.1) is 0 Å². The number of nitrogens with zero attached hydrogens (tertiary/aromatic N) is 3. The van der Waals surface area contributed by atoms with Crippen LogP contribution in [0.25, 0.3) is 5.69 Å². The van der Waals surface area contributed by atoms with E-state index in [1.54, 1.807) is 14.2 Å². The first-order chi connectivity index (χ1) is 13.2.